The van der Waals surface area contributed by atoms with Gasteiger partial charge in [0, 0.05) is 0 Å². The molecule has 1 radical (unpaired) electrons. The zero-order valence-corrected chi connectivity index (χ0v) is 42.8. The summed E-state index contributed by atoms with van der Waals surface area (Å²) in [5.74, 6) is 0. The molecule has 0 atom stereocenters. The Morgan fingerprint density at radius 1 is 0.250 bits per heavy atom. The van der Waals surface area contributed by atoms with Gasteiger partial charge < -0.3 is 0 Å². The molecule has 0 fully saturated rings. The van der Waals surface area contributed by atoms with Crippen LogP contribution in [0.4, 0.5) is 4.79 Å². The molecule has 0 heterocycles. The summed E-state index contributed by atoms with van der Waals surface area (Å²) in [6.07, 6.45) is 0. The molecular formula is C55H50AsORhSb2. The second-order valence-electron chi connectivity index (χ2n) is 14.4. The SMILES string of the molecule is O=[C]([SbH]([c]1ccccc1)([c]1ccccc1)[c]1ccccc1)[SbH]([c]1ccccc1)([c]1ccccc1)[c]1ccccc1.[RhH3].c1ccc([As](c2ccccc2)c2ccccc2)cc1. The molecular weight excluding hydrogens is 1100 g/mol. The zero-order chi connectivity index (χ0) is 40.2. The molecule has 0 amide bonds. The molecule has 0 N–H and O–H groups in total. The van der Waals surface area contributed by atoms with Crippen molar-refractivity contribution in [3.05, 3.63) is 273 Å². The molecule has 0 aromatic heterocycles. The van der Waals surface area contributed by atoms with Crippen molar-refractivity contribution < 1.29 is 24.3 Å². The number of rotatable bonds is 11. The fourth-order valence-corrected chi connectivity index (χ4v) is 64.2. The Labute approximate surface area is 381 Å². The first-order chi connectivity index (χ1) is 29.2. The fraction of sp³-hybridized carbons (Fsp3) is 0. The van der Waals surface area contributed by atoms with E-state index < -0.39 is 52.3 Å². The van der Waals surface area contributed by atoms with Crippen LogP contribution in [0.15, 0.2) is 273 Å². The van der Waals surface area contributed by atoms with Gasteiger partial charge in [0.05, 0.1) is 0 Å². The third-order valence-corrected chi connectivity index (χ3v) is 54.9. The average Bonchev–Trinajstić information content (AvgIpc) is 3.33. The van der Waals surface area contributed by atoms with Gasteiger partial charge in [0.1, 0.15) is 0 Å². The minimum absolute atomic E-state index is 0. The average molecular weight is 1150 g/mol. The van der Waals surface area contributed by atoms with E-state index in [0.717, 1.165) is 0 Å². The second-order valence-corrected chi connectivity index (χ2v) is 44.1. The van der Waals surface area contributed by atoms with Crippen LogP contribution in [-0.2, 0) is 19.5 Å². The Balaban J connectivity index is 0.000000228. The first kappa shape index (κ1) is 43.6. The van der Waals surface area contributed by atoms with Crippen molar-refractivity contribution in [2.45, 2.75) is 0 Å². The van der Waals surface area contributed by atoms with E-state index in [4.69, 9.17) is 0 Å². The van der Waals surface area contributed by atoms with Gasteiger partial charge in [0.2, 0.25) is 0 Å². The van der Waals surface area contributed by atoms with Crippen molar-refractivity contribution in [3.8, 4) is 0 Å². The molecule has 0 saturated carbocycles. The molecule has 0 aliphatic carbocycles. The Morgan fingerprint density at radius 3 is 0.567 bits per heavy atom. The van der Waals surface area contributed by atoms with E-state index in [-0.39, 0.29) is 19.5 Å². The van der Waals surface area contributed by atoms with Crippen molar-refractivity contribution in [2.75, 3.05) is 0 Å². The first-order valence-electron chi connectivity index (χ1n) is 20.1. The van der Waals surface area contributed by atoms with E-state index in [2.05, 4.69) is 273 Å². The molecule has 0 bridgehead atoms. The first-order valence-corrected chi connectivity index (χ1v) is 34.3. The molecule has 9 rings (SSSR count). The summed E-state index contributed by atoms with van der Waals surface area (Å²) >= 11 is -10.2. The Hall–Kier alpha value is -4.53. The quantitative estimate of drug-likeness (QED) is 0.157. The molecule has 0 aliphatic rings. The van der Waals surface area contributed by atoms with Crippen LogP contribution in [0, 0.1) is 0 Å². The molecule has 0 aliphatic heterocycles. The van der Waals surface area contributed by atoms with Gasteiger partial charge in [-0.1, -0.05) is 0 Å². The summed E-state index contributed by atoms with van der Waals surface area (Å²) in [6, 6.07) is 96.8. The number of benzene rings is 9. The zero-order valence-electron chi connectivity index (χ0n) is 33.2. The van der Waals surface area contributed by atoms with Gasteiger partial charge in [0.25, 0.3) is 0 Å². The number of carbonyl (C=O) groups is 1. The van der Waals surface area contributed by atoms with Crippen LogP contribution in [0.2, 0.25) is 0 Å². The third-order valence-electron chi connectivity index (χ3n) is 11.0. The summed E-state index contributed by atoms with van der Waals surface area (Å²) in [5, 5.41) is 0. The van der Waals surface area contributed by atoms with Gasteiger partial charge >= 0.3 is 385 Å². The van der Waals surface area contributed by atoms with Crippen LogP contribution in [0.5, 0.6) is 0 Å². The van der Waals surface area contributed by atoms with E-state index in [1.807, 2.05) is 0 Å². The van der Waals surface area contributed by atoms with Crippen LogP contribution in [-0.4, -0.2) is 53.9 Å². The normalized spacial score (nSPS) is 11.6. The van der Waals surface area contributed by atoms with Crippen LogP contribution in [0.3, 0.4) is 0 Å². The fourth-order valence-electron chi connectivity index (χ4n) is 8.38. The van der Waals surface area contributed by atoms with Gasteiger partial charge in [-0.25, -0.2) is 0 Å². The van der Waals surface area contributed by atoms with Crippen LogP contribution < -0.4 is 34.1 Å². The summed E-state index contributed by atoms with van der Waals surface area (Å²) in [5.41, 5.74) is 0. The summed E-state index contributed by atoms with van der Waals surface area (Å²) in [7, 11) is 0. The molecule has 0 unspecified atom stereocenters. The third kappa shape index (κ3) is 9.06. The standard InChI is InChI=1S/C18H15As.6C6H5.CO.Rh.2Sb.5H/c1-4-10-16(11-5-1)19(17-12-6-2-7-13-17)18-14-8-3-9-15-18;6*1-2-4-6-5-3-1;1-2;;;;;;;;/h1-15H;6*1-5H;;;;;;;;;. The van der Waals surface area contributed by atoms with E-state index >= 15 is 4.79 Å². The van der Waals surface area contributed by atoms with Gasteiger partial charge in [0.15, 0.2) is 0 Å². The summed E-state index contributed by atoms with van der Waals surface area (Å²) in [4.78, 5) is 16.5. The predicted molar refractivity (Wildman–Crippen MR) is 264 cm³/mol. The topological polar surface area (TPSA) is 17.1 Å². The van der Waals surface area contributed by atoms with Crippen LogP contribution >= 0.6 is 0 Å². The van der Waals surface area contributed by atoms with E-state index in [9.17, 15) is 0 Å². The monoisotopic (exact) mass is 1150 g/mol. The Bertz CT molecular complexity index is 2230. The minimum atomic E-state index is -4.41. The Kier molecular flexibility index (Phi) is 15.5. The van der Waals surface area contributed by atoms with Gasteiger partial charge in [-0.15, -0.1) is 0 Å². The van der Waals surface area contributed by atoms with Crippen molar-refractivity contribution >= 4 is 88.0 Å². The number of carbonyl (C=O) groups excluding carboxylic acids is 1. The van der Waals surface area contributed by atoms with Crippen LogP contribution in [0.1, 0.15) is 0 Å². The molecule has 1 nitrogen and oxygen atoms in total. The van der Waals surface area contributed by atoms with E-state index in [0.29, 0.717) is 1.68 Å². The molecule has 300 valence electrons. The van der Waals surface area contributed by atoms with Crippen molar-refractivity contribution in [2.24, 2.45) is 0 Å². The maximum atomic E-state index is 16.5. The van der Waals surface area contributed by atoms with Crippen LogP contribution in [0.25, 0.3) is 0 Å². The number of hydrogen-bond donors (Lipinski definition) is 0. The van der Waals surface area contributed by atoms with E-state index in [1.165, 1.54) is 34.1 Å². The number of hydrogen-bond acceptors (Lipinski definition) is 1. The molecule has 0 saturated heterocycles. The van der Waals surface area contributed by atoms with Crippen molar-refractivity contribution in [1.29, 1.82) is 0 Å². The second kappa shape index (κ2) is 21.3. The molecule has 0 spiro atoms. The maximum absolute atomic E-state index is 16.5. The molecule has 60 heavy (non-hydrogen) atoms. The summed E-state index contributed by atoms with van der Waals surface area (Å²) < 4.78 is 12.1. The Morgan fingerprint density at radius 2 is 0.400 bits per heavy atom. The van der Waals surface area contributed by atoms with E-state index in [1.54, 1.807) is 0 Å². The van der Waals surface area contributed by atoms with Gasteiger partial charge in [-0.2, -0.15) is 0 Å². The molecule has 9 aromatic carbocycles. The molecule has 9 aromatic rings. The van der Waals surface area contributed by atoms with Gasteiger partial charge in [-0.3, -0.25) is 0 Å². The van der Waals surface area contributed by atoms with Gasteiger partial charge in [-0.05, 0) is 0 Å². The molecule has 5 heteroatoms. The summed E-state index contributed by atoms with van der Waals surface area (Å²) in [6.45, 7) is 0. The predicted octanol–water partition coefficient (Wildman–Crippen LogP) is 5.47. The van der Waals surface area contributed by atoms with Crippen molar-refractivity contribution in [3.63, 3.8) is 0 Å². The van der Waals surface area contributed by atoms with Crippen molar-refractivity contribution in [1.82, 2.24) is 0 Å².